The third kappa shape index (κ3) is 2.92. The molecule has 0 bridgehead atoms. The lowest BCUT2D eigenvalue weighted by atomic mass is 10.2. The first-order valence-corrected chi connectivity index (χ1v) is 5.91. The minimum Gasteiger partial charge on any atom is -0.389 e. The van der Waals surface area contributed by atoms with Crippen molar-refractivity contribution in [1.29, 1.82) is 0 Å². The SMILES string of the molecule is NC(=S)c1ccc(NCCC2CC2)c(F)c1. The Kier molecular flexibility index (Phi) is 3.39. The van der Waals surface area contributed by atoms with Gasteiger partial charge < -0.3 is 11.1 Å². The minimum atomic E-state index is -0.291. The predicted octanol–water partition coefficient (Wildman–Crippen LogP) is 2.67. The molecule has 0 radical (unpaired) electrons. The molecule has 0 spiro atoms. The van der Waals surface area contributed by atoms with Crippen molar-refractivity contribution in [2.24, 2.45) is 11.7 Å². The van der Waals surface area contributed by atoms with Crippen LogP contribution in [0.2, 0.25) is 0 Å². The topological polar surface area (TPSA) is 38.0 Å². The van der Waals surface area contributed by atoms with Gasteiger partial charge in [0, 0.05) is 12.1 Å². The second-order valence-electron chi connectivity index (χ2n) is 4.22. The molecule has 0 aliphatic heterocycles. The first-order chi connectivity index (χ1) is 7.66. The van der Waals surface area contributed by atoms with Crippen LogP contribution in [0.25, 0.3) is 0 Å². The fourth-order valence-electron chi connectivity index (χ4n) is 1.63. The Hall–Kier alpha value is -1.16. The molecule has 1 aliphatic rings. The molecule has 1 saturated carbocycles. The maximum atomic E-state index is 13.6. The van der Waals surface area contributed by atoms with Crippen molar-refractivity contribution in [2.75, 3.05) is 11.9 Å². The molecule has 0 amide bonds. The molecule has 16 heavy (non-hydrogen) atoms. The van der Waals surface area contributed by atoms with Crippen molar-refractivity contribution in [3.05, 3.63) is 29.6 Å². The lowest BCUT2D eigenvalue weighted by molar-refractivity contribution is 0.628. The molecule has 0 aromatic heterocycles. The van der Waals surface area contributed by atoms with Crippen LogP contribution < -0.4 is 11.1 Å². The van der Waals surface area contributed by atoms with Crippen LogP contribution in [0.3, 0.4) is 0 Å². The number of benzene rings is 1. The van der Waals surface area contributed by atoms with Gasteiger partial charge in [-0.05, 0) is 30.5 Å². The smallest absolute Gasteiger partial charge is 0.146 e. The molecule has 1 aliphatic carbocycles. The quantitative estimate of drug-likeness (QED) is 0.775. The van der Waals surface area contributed by atoms with Crippen molar-refractivity contribution in [1.82, 2.24) is 0 Å². The number of hydrogen-bond donors (Lipinski definition) is 2. The maximum absolute atomic E-state index is 13.6. The maximum Gasteiger partial charge on any atom is 0.146 e. The van der Waals surface area contributed by atoms with Crippen LogP contribution in [0.5, 0.6) is 0 Å². The van der Waals surface area contributed by atoms with Gasteiger partial charge in [-0.3, -0.25) is 0 Å². The highest BCUT2D eigenvalue weighted by Crippen LogP contribution is 2.32. The van der Waals surface area contributed by atoms with E-state index in [4.69, 9.17) is 18.0 Å². The molecule has 1 aromatic rings. The van der Waals surface area contributed by atoms with Crippen molar-refractivity contribution in [3.8, 4) is 0 Å². The Morgan fingerprint density at radius 1 is 1.50 bits per heavy atom. The summed E-state index contributed by atoms with van der Waals surface area (Å²) in [6, 6.07) is 4.81. The molecule has 0 atom stereocenters. The van der Waals surface area contributed by atoms with E-state index in [9.17, 15) is 4.39 Å². The van der Waals surface area contributed by atoms with E-state index in [-0.39, 0.29) is 10.8 Å². The molecule has 3 N–H and O–H groups in total. The van der Waals surface area contributed by atoms with Gasteiger partial charge in [0.25, 0.3) is 0 Å². The molecule has 0 heterocycles. The zero-order chi connectivity index (χ0) is 11.5. The van der Waals surface area contributed by atoms with Crippen LogP contribution in [-0.4, -0.2) is 11.5 Å². The summed E-state index contributed by atoms with van der Waals surface area (Å²) >= 11 is 4.79. The van der Waals surface area contributed by atoms with Gasteiger partial charge in [0.1, 0.15) is 10.8 Å². The summed E-state index contributed by atoms with van der Waals surface area (Å²) in [7, 11) is 0. The Bertz CT molecular complexity index is 402. The number of hydrogen-bond acceptors (Lipinski definition) is 2. The average molecular weight is 238 g/mol. The van der Waals surface area contributed by atoms with Crippen molar-refractivity contribution in [3.63, 3.8) is 0 Å². The molecule has 86 valence electrons. The zero-order valence-electron chi connectivity index (χ0n) is 9.00. The number of thiocarbonyl (C=S) groups is 1. The fourth-order valence-corrected chi connectivity index (χ4v) is 1.76. The number of nitrogens with one attached hydrogen (secondary N) is 1. The monoisotopic (exact) mass is 238 g/mol. The van der Waals surface area contributed by atoms with Crippen LogP contribution >= 0.6 is 12.2 Å². The molecule has 4 heteroatoms. The first kappa shape index (κ1) is 11.3. The van der Waals surface area contributed by atoms with E-state index in [0.717, 1.165) is 18.9 Å². The summed E-state index contributed by atoms with van der Waals surface area (Å²) in [5, 5.41) is 3.09. The van der Waals surface area contributed by atoms with Gasteiger partial charge >= 0.3 is 0 Å². The lowest BCUT2D eigenvalue weighted by Gasteiger charge is -2.08. The number of nitrogens with two attached hydrogens (primary N) is 1. The zero-order valence-corrected chi connectivity index (χ0v) is 9.82. The van der Waals surface area contributed by atoms with Gasteiger partial charge in [0.05, 0.1) is 5.69 Å². The van der Waals surface area contributed by atoms with Crippen LogP contribution in [0, 0.1) is 11.7 Å². The molecular weight excluding hydrogens is 223 g/mol. The van der Waals surface area contributed by atoms with Gasteiger partial charge in [-0.15, -0.1) is 0 Å². The van der Waals surface area contributed by atoms with E-state index in [0.29, 0.717) is 11.3 Å². The molecule has 2 rings (SSSR count). The summed E-state index contributed by atoms with van der Waals surface area (Å²) in [6.07, 6.45) is 3.77. The van der Waals surface area contributed by atoms with Crippen LogP contribution in [-0.2, 0) is 0 Å². The first-order valence-electron chi connectivity index (χ1n) is 5.50. The highest BCUT2D eigenvalue weighted by atomic mass is 32.1. The Morgan fingerprint density at radius 2 is 2.25 bits per heavy atom. The second kappa shape index (κ2) is 4.78. The highest BCUT2D eigenvalue weighted by Gasteiger charge is 2.20. The Labute approximate surface area is 100 Å². The molecule has 1 fully saturated rings. The number of anilines is 1. The Morgan fingerprint density at radius 3 is 2.81 bits per heavy atom. The van der Waals surface area contributed by atoms with Crippen molar-refractivity contribution < 1.29 is 4.39 Å². The van der Waals surface area contributed by atoms with E-state index < -0.39 is 0 Å². The summed E-state index contributed by atoms with van der Waals surface area (Å²) in [5.41, 5.74) is 6.52. The van der Waals surface area contributed by atoms with Crippen LogP contribution in [0.15, 0.2) is 18.2 Å². The van der Waals surface area contributed by atoms with E-state index in [1.807, 2.05) is 0 Å². The summed E-state index contributed by atoms with van der Waals surface area (Å²) in [4.78, 5) is 0.225. The van der Waals surface area contributed by atoms with Gasteiger partial charge in [-0.1, -0.05) is 25.1 Å². The lowest BCUT2D eigenvalue weighted by Crippen LogP contribution is -2.10. The number of rotatable bonds is 5. The van der Waals surface area contributed by atoms with E-state index >= 15 is 0 Å². The fraction of sp³-hybridized carbons (Fsp3) is 0.417. The normalized spacial score (nSPS) is 14.8. The molecular formula is C12H15FN2S. The van der Waals surface area contributed by atoms with E-state index in [1.54, 1.807) is 12.1 Å². The van der Waals surface area contributed by atoms with Crippen LogP contribution in [0.4, 0.5) is 10.1 Å². The largest absolute Gasteiger partial charge is 0.389 e. The minimum absolute atomic E-state index is 0.225. The molecule has 2 nitrogen and oxygen atoms in total. The summed E-state index contributed by atoms with van der Waals surface area (Å²) in [5.74, 6) is 0.563. The second-order valence-corrected chi connectivity index (χ2v) is 4.66. The number of halogens is 1. The van der Waals surface area contributed by atoms with E-state index in [2.05, 4.69) is 5.32 Å². The van der Waals surface area contributed by atoms with Gasteiger partial charge in [0.15, 0.2) is 0 Å². The predicted molar refractivity (Wildman–Crippen MR) is 68.1 cm³/mol. The van der Waals surface area contributed by atoms with Crippen molar-refractivity contribution in [2.45, 2.75) is 19.3 Å². The molecule has 0 unspecified atom stereocenters. The van der Waals surface area contributed by atoms with E-state index in [1.165, 1.54) is 18.9 Å². The summed E-state index contributed by atoms with van der Waals surface area (Å²) in [6.45, 7) is 0.827. The van der Waals surface area contributed by atoms with Gasteiger partial charge in [-0.25, -0.2) is 4.39 Å². The summed E-state index contributed by atoms with van der Waals surface area (Å²) < 4.78 is 13.6. The van der Waals surface area contributed by atoms with Gasteiger partial charge in [-0.2, -0.15) is 0 Å². The third-order valence-corrected chi connectivity index (χ3v) is 3.05. The Balaban J connectivity index is 1.95. The molecule has 1 aromatic carbocycles. The highest BCUT2D eigenvalue weighted by molar-refractivity contribution is 7.80. The molecule has 0 saturated heterocycles. The van der Waals surface area contributed by atoms with Gasteiger partial charge in [0.2, 0.25) is 0 Å². The van der Waals surface area contributed by atoms with Crippen LogP contribution in [0.1, 0.15) is 24.8 Å². The van der Waals surface area contributed by atoms with Crippen molar-refractivity contribution >= 4 is 22.9 Å². The standard InChI is InChI=1S/C12H15FN2S/c13-10-7-9(12(14)16)3-4-11(10)15-6-5-8-1-2-8/h3-4,7-8,15H,1-2,5-6H2,(H2,14,16). The third-order valence-electron chi connectivity index (χ3n) is 2.82. The average Bonchev–Trinajstić information content (AvgIpc) is 3.04.